The maximum absolute atomic E-state index is 12.9. The van der Waals surface area contributed by atoms with Gasteiger partial charge in [-0.25, -0.2) is 4.79 Å². The third-order valence-electron chi connectivity index (χ3n) is 5.35. The molecular weight excluding hydrogens is 302 g/mol. The Labute approximate surface area is 144 Å². The lowest BCUT2D eigenvalue weighted by atomic mass is 9.96. The summed E-state index contributed by atoms with van der Waals surface area (Å²) in [5, 5.41) is 9.39. The number of rotatable bonds is 3. The van der Waals surface area contributed by atoms with E-state index in [1.54, 1.807) is 12.1 Å². The van der Waals surface area contributed by atoms with Gasteiger partial charge in [0.2, 0.25) is 0 Å². The van der Waals surface area contributed by atoms with E-state index >= 15 is 0 Å². The number of aromatic hydroxyl groups is 1. The van der Waals surface area contributed by atoms with Crippen molar-refractivity contribution in [3.05, 3.63) is 29.8 Å². The van der Waals surface area contributed by atoms with E-state index in [9.17, 15) is 9.90 Å². The first kappa shape index (κ1) is 17.1. The molecule has 2 saturated heterocycles. The predicted octanol–water partition coefficient (Wildman–Crippen LogP) is 2.55. The summed E-state index contributed by atoms with van der Waals surface area (Å²) in [5.41, 5.74) is 1.23. The maximum Gasteiger partial charge on any atom is 0.320 e. The molecule has 1 aromatic carbocycles. The van der Waals surface area contributed by atoms with Crippen LogP contribution in [-0.2, 0) is 6.42 Å². The lowest BCUT2D eigenvalue weighted by Gasteiger charge is -2.41. The SMILES string of the molecule is CN1CCN(C(=O)N2CCCC[C@@H]2CCc2ccc(O)cc2)CC1. The number of amides is 2. The second-order valence-corrected chi connectivity index (χ2v) is 7.12. The van der Waals surface area contributed by atoms with Gasteiger partial charge in [0.15, 0.2) is 0 Å². The molecule has 1 N–H and O–H groups in total. The van der Waals surface area contributed by atoms with E-state index in [-0.39, 0.29) is 6.03 Å². The number of carbonyl (C=O) groups is 1. The average molecular weight is 331 g/mol. The van der Waals surface area contributed by atoms with Crippen LogP contribution in [0.25, 0.3) is 0 Å². The van der Waals surface area contributed by atoms with Gasteiger partial charge in [-0.05, 0) is 56.8 Å². The van der Waals surface area contributed by atoms with Gasteiger partial charge in [-0.3, -0.25) is 0 Å². The van der Waals surface area contributed by atoms with E-state index in [2.05, 4.69) is 16.8 Å². The normalized spacial score (nSPS) is 22.6. The molecule has 2 amide bonds. The van der Waals surface area contributed by atoms with Crippen LogP contribution in [0.3, 0.4) is 0 Å². The summed E-state index contributed by atoms with van der Waals surface area (Å²) in [6, 6.07) is 8.01. The zero-order valence-electron chi connectivity index (χ0n) is 14.7. The number of hydrogen-bond donors (Lipinski definition) is 1. The molecular formula is C19H29N3O2. The molecule has 1 aromatic rings. The molecule has 5 nitrogen and oxygen atoms in total. The smallest absolute Gasteiger partial charge is 0.320 e. The fourth-order valence-electron chi connectivity index (χ4n) is 3.73. The van der Waals surface area contributed by atoms with Crippen LogP contribution in [0.1, 0.15) is 31.2 Å². The molecule has 3 rings (SSSR count). The highest BCUT2D eigenvalue weighted by atomic mass is 16.3. The number of phenolic OH excluding ortho intramolecular Hbond substituents is 1. The number of piperidine rings is 1. The van der Waals surface area contributed by atoms with E-state index in [0.717, 1.165) is 58.4 Å². The Kier molecular flexibility index (Phi) is 5.61. The number of aryl methyl sites for hydroxylation is 1. The third kappa shape index (κ3) is 4.20. The largest absolute Gasteiger partial charge is 0.508 e. The second-order valence-electron chi connectivity index (χ2n) is 7.12. The number of likely N-dealkylation sites (N-methyl/N-ethyl adjacent to an activating group) is 1. The maximum atomic E-state index is 12.9. The third-order valence-corrected chi connectivity index (χ3v) is 5.35. The van der Waals surface area contributed by atoms with Crippen LogP contribution in [0, 0.1) is 0 Å². The molecule has 24 heavy (non-hydrogen) atoms. The van der Waals surface area contributed by atoms with E-state index in [1.807, 2.05) is 17.0 Å². The minimum Gasteiger partial charge on any atom is -0.508 e. The second kappa shape index (κ2) is 7.88. The van der Waals surface area contributed by atoms with Crippen molar-refractivity contribution >= 4 is 6.03 Å². The highest BCUT2D eigenvalue weighted by molar-refractivity contribution is 5.75. The molecule has 5 heteroatoms. The Morgan fingerprint density at radius 1 is 1.08 bits per heavy atom. The van der Waals surface area contributed by atoms with Gasteiger partial charge in [0.05, 0.1) is 0 Å². The topological polar surface area (TPSA) is 47.0 Å². The minimum absolute atomic E-state index is 0.235. The molecule has 2 aliphatic rings. The Hall–Kier alpha value is -1.75. The van der Waals surface area contributed by atoms with Crippen molar-refractivity contribution in [3.8, 4) is 5.75 Å². The van der Waals surface area contributed by atoms with Crippen molar-refractivity contribution in [1.82, 2.24) is 14.7 Å². The Morgan fingerprint density at radius 3 is 2.50 bits per heavy atom. The van der Waals surface area contributed by atoms with Crippen LogP contribution < -0.4 is 0 Å². The van der Waals surface area contributed by atoms with Crippen molar-refractivity contribution in [2.45, 2.75) is 38.1 Å². The number of benzene rings is 1. The summed E-state index contributed by atoms with van der Waals surface area (Å²) in [5.74, 6) is 0.309. The number of phenols is 1. The van der Waals surface area contributed by atoms with Crippen LogP contribution in [-0.4, -0.2) is 71.7 Å². The molecule has 2 aliphatic heterocycles. The molecule has 132 valence electrons. The highest BCUT2D eigenvalue weighted by Crippen LogP contribution is 2.23. The number of piperazine rings is 1. The minimum atomic E-state index is 0.235. The molecule has 0 unspecified atom stereocenters. The van der Waals surface area contributed by atoms with Crippen LogP contribution >= 0.6 is 0 Å². The first-order valence-electron chi connectivity index (χ1n) is 9.15. The summed E-state index contributed by atoms with van der Waals surface area (Å²) in [4.78, 5) is 19.4. The van der Waals surface area contributed by atoms with Crippen LogP contribution in [0.5, 0.6) is 5.75 Å². The van der Waals surface area contributed by atoms with Gasteiger partial charge in [0.1, 0.15) is 5.75 Å². The first-order valence-corrected chi connectivity index (χ1v) is 9.15. The van der Waals surface area contributed by atoms with Gasteiger partial charge in [0, 0.05) is 38.8 Å². The van der Waals surface area contributed by atoms with Crippen LogP contribution in [0.4, 0.5) is 4.79 Å². The Morgan fingerprint density at radius 2 is 1.79 bits per heavy atom. The van der Waals surface area contributed by atoms with Gasteiger partial charge in [-0.15, -0.1) is 0 Å². The first-order chi connectivity index (χ1) is 11.6. The number of nitrogens with zero attached hydrogens (tertiary/aromatic N) is 3. The van der Waals surface area contributed by atoms with Gasteiger partial charge in [0.25, 0.3) is 0 Å². The van der Waals surface area contributed by atoms with Gasteiger partial charge < -0.3 is 19.8 Å². The summed E-state index contributed by atoms with van der Waals surface area (Å²) >= 11 is 0. The Balaban J connectivity index is 1.58. The molecule has 0 aliphatic carbocycles. The van der Waals surface area contributed by atoms with E-state index < -0.39 is 0 Å². The van der Waals surface area contributed by atoms with Crippen LogP contribution in [0.2, 0.25) is 0 Å². The monoisotopic (exact) mass is 331 g/mol. The predicted molar refractivity (Wildman–Crippen MR) is 95.2 cm³/mol. The fraction of sp³-hybridized carbons (Fsp3) is 0.632. The fourth-order valence-corrected chi connectivity index (χ4v) is 3.73. The van der Waals surface area contributed by atoms with Gasteiger partial charge in [-0.2, -0.15) is 0 Å². The summed E-state index contributed by atoms with van der Waals surface area (Å²) in [6.45, 7) is 4.52. The van der Waals surface area contributed by atoms with Crippen molar-refractivity contribution in [3.63, 3.8) is 0 Å². The van der Waals surface area contributed by atoms with Crippen LogP contribution in [0.15, 0.2) is 24.3 Å². The molecule has 2 fully saturated rings. The van der Waals surface area contributed by atoms with Crippen molar-refractivity contribution in [2.75, 3.05) is 39.8 Å². The Bertz CT molecular complexity index is 538. The molecule has 0 spiro atoms. The summed E-state index contributed by atoms with van der Waals surface area (Å²) in [7, 11) is 2.11. The average Bonchev–Trinajstić information content (AvgIpc) is 2.61. The summed E-state index contributed by atoms with van der Waals surface area (Å²) in [6.07, 6.45) is 5.40. The van der Waals surface area contributed by atoms with Crippen molar-refractivity contribution in [1.29, 1.82) is 0 Å². The lowest BCUT2D eigenvalue weighted by molar-refractivity contribution is 0.0928. The zero-order chi connectivity index (χ0) is 16.9. The van der Waals surface area contributed by atoms with Gasteiger partial charge in [-0.1, -0.05) is 12.1 Å². The molecule has 0 bridgehead atoms. The molecule has 0 saturated carbocycles. The van der Waals surface area contributed by atoms with Crippen molar-refractivity contribution in [2.24, 2.45) is 0 Å². The van der Waals surface area contributed by atoms with E-state index in [4.69, 9.17) is 0 Å². The lowest BCUT2D eigenvalue weighted by Crippen LogP contribution is -2.55. The number of hydrogen-bond acceptors (Lipinski definition) is 3. The van der Waals surface area contributed by atoms with Crippen molar-refractivity contribution < 1.29 is 9.90 Å². The molecule has 2 heterocycles. The quantitative estimate of drug-likeness (QED) is 0.926. The summed E-state index contributed by atoms with van der Waals surface area (Å²) < 4.78 is 0. The zero-order valence-corrected chi connectivity index (χ0v) is 14.7. The molecule has 0 aromatic heterocycles. The number of carbonyl (C=O) groups excluding carboxylic acids is 1. The van der Waals surface area contributed by atoms with E-state index in [0.29, 0.717) is 11.8 Å². The standard InChI is InChI=1S/C19H29N3O2/c1-20-12-14-21(15-13-20)19(24)22-11-3-2-4-17(22)8-5-16-6-9-18(23)10-7-16/h6-7,9-10,17,23H,2-5,8,11-15H2,1H3/t17-/m1/s1. The molecule has 0 radical (unpaired) electrons. The number of likely N-dealkylation sites (tertiary alicyclic amines) is 1. The van der Waals surface area contributed by atoms with Gasteiger partial charge >= 0.3 is 6.03 Å². The molecule has 1 atom stereocenters. The number of urea groups is 1. The van der Waals surface area contributed by atoms with E-state index in [1.165, 1.54) is 12.0 Å². The highest BCUT2D eigenvalue weighted by Gasteiger charge is 2.30.